The van der Waals surface area contributed by atoms with Crippen LogP contribution >= 0.6 is 0 Å². The molecule has 118 valence electrons. The molecule has 2 N–H and O–H groups in total. The zero-order valence-electron chi connectivity index (χ0n) is 13.1. The number of carbonyl (C=O) groups excluding carboxylic acids is 1. The minimum atomic E-state index is -0.368. The van der Waals surface area contributed by atoms with Gasteiger partial charge in [0.2, 0.25) is 0 Å². The molecule has 0 radical (unpaired) electrons. The Hall–Kier alpha value is -2.98. The van der Waals surface area contributed by atoms with Gasteiger partial charge in [-0.15, -0.1) is 10.2 Å². The van der Waals surface area contributed by atoms with Crippen molar-refractivity contribution in [2.24, 2.45) is 0 Å². The van der Waals surface area contributed by atoms with Crippen LogP contribution in [0.2, 0.25) is 0 Å². The average Bonchev–Trinajstić information content (AvgIpc) is 2.55. The first-order valence-electron chi connectivity index (χ1n) is 7.12. The highest BCUT2D eigenvalue weighted by atomic mass is 16.1. The lowest BCUT2D eigenvalue weighted by Gasteiger charge is -2.10. The number of hydrogen-bond donors (Lipinski definition) is 2. The van der Waals surface area contributed by atoms with Crippen molar-refractivity contribution in [1.82, 2.24) is 15.1 Å². The van der Waals surface area contributed by atoms with Crippen LogP contribution in [0.4, 0.5) is 11.5 Å². The van der Waals surface area contributed by atoms with E-state index in [2.05, 4.69) is 25.7 Å². The summed E-state index contributed by atoms with van der Waals surface area (Å²) in [5.74, 6) is 0.252. The Morgan fingerprint density at radius 3 is 2.74 bits per heavy atom. The monoisotopic (exact) mass is 310 g/mol. The molecule has 2 aromatic rings. The molecule has 0 spiro atoms. The molecule has 0 saturated carbocycles. The summed E-state index contributed by atoms with van der Waals surface area (Å²) in [6.07, 6.45) is 0. The molecule has 0 aliphatic rings. The van der Waals surface area contributed by atoms with Crippen molar-refractivity contribution in [3.05, 3.63) is 47.7 Å². The summed E-state index contributed by atoms with van der Waals surface area (Å²) in [4.78, 5) is 14.2. The van der Waals surface area contributed by atoms with Crippen LogP contribution in [0.5, 0.6) is 0 Å². The van der Waals surface area contributed by atoms with Crippen molar-refractivity contribution in [3.8, 4) is 6.07 Å². The van der Waals surface area contributed by atoms with Crippen LogP contribution in [-0.4, -0.2) is 48.2 Å². The molecule has 2 rings (SSSR count). The smallest absolute Gasteiger partial charge is 0.276 e. The first-order chi connectivity index (χ1) is 11.1. The van der Waals surface area contributed by atoms with E-state index in [0.29, 0.717) is 17.1 Å². The Morgan fingerprint density at radius 2 is 2.09 bits per heavy atom. The van der Waals surface area contributed by atoms with Crippen LogP contribution in [-0.2, 0) is 0 Å². The minimum Gasteiger partial charge on any atom is -0.367 e. The quantitative estimate of drug-likeness (QED) is 0.841. The maximum atomic E-state index is 12.1. The molecule has 0 atom stereocenters. The van der Waals surface area contributed by atoms with Crippen molar-refractivity contribution in [3.63, 3.8) is 0 Å². The Morgan fingerprint density at radius 1 is 1.26 bits per heavy atom. The Bertz CT molecular complexity index is 705. The van der Waals surface area contributed by atoms with Crippen LogP contribution in [0.1, 0.15) is 16.1 Å². The van der Waals surface area contributed by atoms with E-state index in [4.69, 9.17) is 5.26 Å². The number of amides is 1. The van der Waals surface area contributed by atoms with Gasteiger partial charge in [-0.05, 0) is 44.4 Å². The summed E-state index contributed by atoms with van der Waals surface area (Å²) in [5, 5.41) is 22.6. The van der Waals surface area contributed by atoms with Crippen molar-refractivity contribution in [2.75, 3.05) is 37.8 Å². The summed E-state index contributed by atoms with van der Waals surface area (Å²) < 4.78 is 0. The lowest BCUT2D eigenvalue weighted by atomic mass is 10.2. The first kappa shape index (κ1) is 16.4. The highest BCUT2D eigenvalue weighted by Crippen LogP contribution is 2.11. The molecule has 0 fully saturated rings. The van der Waals surface area contributed by atoms with E-state index in [-0.39, 0.29) is 11.6 Å². The van der Waals surface area contributed by atoms with Crippen LogP contribution in [0.15, 0.2) is 36.4 Å². The normalized spacial score (nSPS) is 10.2. The fourth-order valence-corrected chi connectivity index (χ4v) is 1.82. The zero-order chi connectivity index (χ0) is 16.7. The molecule has 0 aliphatic heterocycles. The van der Waals surface area contributed by atoms with E-state index in [0.717, 1.165) is 13.1 Å². The second kappa shape index (κ2) is 7.87. The third kappa shape index (κ3) is 5.05. The van der Waals surface area contributed by atoms with Gasteiger partial charge in [0.25, 0.3) is 5.91 Å². The van der Waals surface area contributed by atoms with E-state index in [9.17, 15) is 4.79 Å². The number of nitrogens with one attached hydrogen (secondary N) is 2. The number of nitriles is 1. The highest BCUT2D eigenvalue weighted by Gasteiger charge is 2.09. The lowest BCUT2D eigenvalue weighted by Crippen LogP contribution is -2.21. The molecule has 0 unspecified atom stereocenters. The van der Waals surface area contributed by atoms with E-state index in [1.165, 1.54) is 0 Å². The van der Waals surface area contributed by atoms with Crippen LogP contribution in [0.3, 0.4) is 0 Å². The molecule has 1 aromatic heterocycles. The van der Waals surface area contributed by atoms with Crippen molar-refractivity contribution in [1.29, 1.82) is 5.26 Å². The Kier molecular flexibility index (Phi) is 5.61. The largest absolute Gasteiger partial charge is 0.367 e. The van der Waals surface area contributed by atoms with Gasteiger partial charge in [-0.1, -0.05) is 6.07 Å². The summed E-state index contributed by atoms with van der Waals surface area (Å²) in [5.41, 5.74) is 1.24. The number of nitrogens with zero attached hydrogens (tertiary/aromatic N) is 4. The predicted molar refractivity (Wildman–Crippen MR) is 88.2 cm³/mol. The molecule has 0 aliphatic carbocycles. The third-order valence-corrected chi connectivity index (χ3v) is 3.01. The van der Waals surface area contributed by atoms with Gasteiger partial charge in [0, 0.05) is 18.8 Å². The topological polar surface area (TPSA) is 93.9 Å². The summed E-state index contributed by atoms with van der Waals surface area (Å²) in [7, 11) is 3.98. The molecule has 7 heteroatoms. The molecule has 1 amide bonds. The Balaban J connectivity index is 1.96. The van der Waals surface area contributed by atoms with E-state index in [1.54, 1.807) is 36.4 Å². The van der Waals surface area contributed by atoms with Crippen LogP contribution < -0.4 is 10.6 Å². The molecule has 1 aromatic carbocycles. The third-order valence-electron chi connectivity index (χ3n) is 3.01. The van der Waals surface area contributed by atoms with Gasteiger partial charge in [-0.25, -0.2) is 0 Å². The zero-order valence-corrected chi connectivity index (χ0v) is 13.1. The van der Waals surface area contributed by atoms with E-state index in [1.807, 2.05) is 20.2 Å². The van der Waals surface area contributed by atoms with Gasteiger partial charge in [0.15, 0.2) is 5.69 Å². The minimum absolute atomic E-state index is 0.213. The molecular formula is C16H18N6O. The molecule has 0 saturated heterocycles. The second-order valence-electron chi connectivity index (χ2n) is 5.18. The fourth-order valence-electron chi connectivity index (χ4n) is 1.82. The van der Waals surface area contributed by atoms with Gasteiger partial charge in [0.1, 0.15) is 5.82 Å². The SMILES string of the molecule is CN(C)CCNc1ccc(C(=O)Nc2cccc(C#N)c2)nn1. The number of likely N-dealkylation sites (N-methyl/N-ethyl adjacent to an activating group) is 1. The van der Waals surface area contributed by atoms with Crippen molar-refractivity contribution < 1.29 is 4.79 Å². The maximum Gasteiger partial charge on any atom is 0.276 e. The van der Waals surface area contributed by atoms with Crippen molar-refractivity contribution in [2.45, 2.75) is 0 Å². The average molecular weight is 310 g/mol. The summed E-state index contributed by atoms with van der Waals surface area (Å²) in [6.45, 7) is 1.62. The molecule has 0 bridgehead atoms. The summed E-state index contributed by atoms with van der Waals surface area (Å²) >= 11 is 0. The highest BCUT2D eigenvalue weighted by molar-refractivity contribution is 6.02. The van der Waals surface area contributed by atoms with Gasteiger partial charge in [0.05, 0.1) is 11.6 Å². The molecule has 7 nitrogen and oxygen atoms in total. The lowest BCUT2D eigenvalue weighted by molar-refractivity contribution is 0.102. The van der Waals surface area contributed by atoms with E-state index < -0.39 is 0 Å². The predicted octanol–water partition coefficient (Wildman–Crippen LogP) is 1.57. The van der Waals surface area contributed by atoms with Gasteiger partial charge in [-0.2, -0.15) is 5.26 Å². The standard InChI is InChI=1S/C16H18N6O/c1-22(2)9-8-18-15-7-6-14(20-21-15)16(23)19-13-5-3-4-12(10-13)11-17/h3-7,10H,8-9H2,1-2H3,(H,18,21)(H,19,23). The Labute approximate surface area is 134 Å². The van der Waals surface area contributed by atoms with Gasteiger partial charge >= 0.3 is 0 Å². The van der Waals surface area contributed by atoms with Gasteiger partial charge < -0.3 is 15.5 Å². The number of anilines is 2. The molecule has 23 heavy (non-hydrogen) atoms. The van der Waals surface area contributed by atoms with Crippen LogP contribution in [0.25, 0.3) is 0 Å². The molecular weight excluding hydrogens is 292 g/mol. The number of aromatic nitrogens is 2. The summed E-state index contributed by atoms with van der Waals surface area (Å²) in [6, 6.07) is 12.0. The number of carbonyl (C=O) groups is 1. The van der Waals surface area contributed by atoms with Gasteiger partial charge in [-0.3, -0.25) is 4.79 Å². The fraction of sp³-hybridized carbons (Fsp3) is 0.250. The van der Waals surface area contributed by atoms with E-state index >= 15 is 0 Å². The number of rotatable bonds is 6. The number of benzene rings is 1. The maximum absolute atomic E-state index is 12.1. The first-order valence-corrected chi connectivity index (χ1v) is 7.12. The van der Waals surface area contributed by atoms with Crippen LogP contribution in [0, 0.1) is 11.3 Å². The molecule has 1 heterocycles. The number of hydrogen-bond acceptors (Lipinski definition) is 6. The van der Waals surface area contributed by atoms with Crippen molar-refractivity contribution >= 4 is 17.4 Å². The second-order valence-corrected chi connectivity index (χ2v) is 5.18.